The summed E-state index contributed by atoms with van der Waals surface area (Å²) in [5.74, 6) is 0.756. The first-order valence-corrected chi connectivity index (χ1v) is 7.49. The molecule has 0 radical (unpaired) electrons. The van der Waals surface area contributed by atoms with Crippen LogP contribution in [0.2, 0.25) is 0 Å². The Morgan fingerprint density at radius 3 is 2.67 bits per heavy atom. The van der Waals surface area contributed by atoms with E-state index in [0.29, 0.717) is 0 Å². The van der Waals surface area contributed by atoms with Gasteiger partial charge in [-0.3, -0.25) is 0 Å². The average Bonchev–Trinajstić information content (AvgIpc) is 2.76. The van der Waals surface area contributed by atoms with E-state index in [0.717, 1.165) is 31.8 Å². The largest absolute Gasteiger partial charge is 0.331 e. The van der Waals surface area contributed by atoms with Crippen molar-refractivity contribution < 1.29 is 4.79 Å². The maximum atomic E-state index is 12.1. The molecule has 3 nitrogen and oxygen atoms in total. The van der Waals surface area contributed by atoms with Crippen LogP contribution in [0.3, 0.4) is 0 Å². The molecule has 0 spiro atoms. The molecular formula is C14H22N2OS. The van der Waals surface area contributed by atoms with Gasteiger partial charge < -0.3 is 10.2 Å². The highest BCUT2D eigenvalue weighted by molar-refractivity contribution is 7.12. The van der Waals surface area contributed by atoms with Crippen molar-refractivity contribution in [1.82, 2.24) is 10.2 Å². The number of rotatable bonds is 2. The van der Waals surface area contributed by atoms with E-state index >= 15 is 0 Å². The molecule has 2 amide bonds. The molecule has 18 heavy (non-hydrogen) atoms. The standard InChI is InChI=1S/C14H22N2OS/c1-10-6-8-16(9-7-10)14(17)15-12(3)13-5-4-11(2)18-13/h4-5,10,12H,6-9H2,1-3H3,(H,15,17). The van der Waals surface area contributed by atoms with Gasteiger partial charge in [-0.25, -0.2) is 4.79 Å². The van der Waals surface area contributed by atoms with Gasteiger partial charge in [0.25, 0.3) is 0 Å². The van der Waals surface area contributed by atoms with Gasteiger partial charge in [0.05, 0.1) is 6.04 Å². The maximum absolute atomic E-state index is 12.1. The topological polar surface area (TPSA) is 32.3 Å². The third kappa shape index (κ3) is 3.25. The molecule has 1 N–H and O–H groups in total. The van der Waals surface area contributed by atoms with Crippen LogP contribution in [0.15, 0.2) is 12.1 Å². The number of thiophene rings is 1. The van der Waals surface area contributed by atoms with Gasteiger partial charge in [-0.2, -0.15) is 0 Å². The summed E-state index contributed by atoms with van der Waals surface area (Å²) in [6.07, 6.45) is 2.25. The summed E-state index contributed by atoms with van der Waals surface area (Å²) in [5, 5.41) is 3.09. The van der Waals surface area contributed by atoms with Crippen molar-refractivity contribution in [2.45, 2.75) is 39.7 Å². The molecule has 2 rings (SSSR count). The number of piperidine rings is 1. The predicted molar refractivity (Wildman–Crippen MR) is 76.0 cm³/mol. The zero-order valence-electron chi connectivity index (χ0n) is 11.4. The molecule has 4 heteroatoms. The Hall–Kier alpha value is -1.03. The second-order valence-corrected chi connectivity index (χ2v) is 6.61. The molecule has 100 valence electrons. The van der Waals surface area contributed by atoms with Crippen LogP contribution in [0.25, 0.3) is 0 Å². The molecule has 1 aromatic rings. The Labute approximate surface area is 113 Å². The van der Waals surface area contributed by atoms with Gasteiger partial charge in [0, 0.05) is 22.8 Å². The first kappa shape index (κ1) is 13.4. The summed E-state index contributed by atoms with van der Waals surface area (Å²) in [6.45, 7) is 8.18. The normalized spacial score (nSPS) is 18.7. The van der Waals surface area contributed by atoms with E-state index in [1.807, 2.05) is 4.90 Å². The highest BCUT2D eigenvalue weighted by Gasteiger charge is 2.21. The van der Waals surface area contributed by atoms with E-state index < -0.39 is 0 Å². The Bertz CT molecular complexity index is 408. The number of hydrogen-bond donors (Lipinski definition) is 1. The fourth-order valence-electron chi connectivity index (χ4n) is 2.25. The predicted octanol–water partition coefficient (Wildman–Crippen LogP) is 3.56. The SMILES string of the molecule is Cc1ccc(C(C)NC(=O)N2CCC(C)CC2)s1. The lowest BCUT2D eigenvalue weighted by atomic mass is 10.00. The highest BCUT2D eigenvalue weighted by Crippen LogP contribution is 2.23. The Morgan fingerprint density at radius 1 is 1.44 bits per heavy atom. The molecule has 0 bridgehead atoms. The van der Waals surface area contributed by atoms with E-state index in [2.05, 4.69) is 38.2 Å². The smallest absolute Gasteiger partial charge is 0.317 e. The Balaban J connectivity index is 1.87. The van der Waals surface area contributed by atoms with Crippen molar-refractivity contribution in [2.24, 2.45) is 5.92 Å². The highest BCUT2D eigenvalue weighted by atomic mass is 32.1. The summed E-state index contributed by atoms with van der Waals surface area (Å²) in [6, 6.07) is 4.39. The monoisotopic (exact) mass is 266 g/mol. The zero-order chi connectivity index (χ0) is 13.1. The van der Waals surface area contributed by atoms with Crippen molar-refractivity contribution in [2.75, 3.05) is 13.1 Å². The van der Waals surface area contributed by atoms with Crippen molar-refractivity contribution >= 4 is 17.4 Å². The number of hydrogen-bond acceptors (Lipinski definition) is 2. The minimum absolute atomic E-state index is 0.0838. The van der Waals surface area contributed by atoms with Gasteiger partial charge in [-0.15, -0.1) is 11.3 Å². The van der Waals surface area contributed by atoms with Gasteiger partial charge in [0.15, 0.2) is 0 Å². The van der Waals surface area contributed by atoms with Crippen molar-refractivity contribution in [3.8, 4) is 0 Å². The minimum atomic E-state index is 0.0838. The van der Waals surface area contributed by atoms with Crippen LogP contribution in [0.1, 0.15) is 42.5 Å². The van der Waals surface area contributed by atoms with Crippen molar-refractivity contribution in [3.63, 3.8) is 0 Å². The maximum Gasteiger partial charge on any atom is 0.317 e. The zero-order valence-corrected chi connectivity index (χ0v) is 12.2. The summed E-state index contributed by atoms with van der Waals surface area (Å²) in [7, 11) is 0. The van der Waals surface area contributed by atoms with Gasteiger partial charge in [0.2, 0.25) is 0 Å². The van der Waals surface area contributed by atoms with Crippen LogP contribution < -0.4 is 5.32 Å². The van der Waals surface area contributed by atoms with Gasteiger partial charge >= 0.3 is 6.03 Å². The lowest BCUT2D eigenvalue weighted by molar-refractivity contribution is 0.171. The van der Waals surface area contributed by atoms with Crippen LogP contribution in [0.5, 0.6) is 0 Å². The molecule has 1 saturated heterocycles. The van der Waals surface area contributed by atoms with Crippen LogP contribution in [-0.2, 0) is 0 Å². The molecule has 1 aromatic heterocycles. The first-order valence-electron chi connectivity index (χ1n) is 6.68. The number of carbonyl (C=O) groups excluding carboxylic acids is 1. The number of likely N-dealkylation sites (tertiary alicyclic amines) is 1. The third-order valence-corrected chi connectivity index (χ3v) is 4.78. The number of amides is 2. The summed E-state index contributed by atoms with van der Waals surface area (Å²) >= 11 is 1.75. The Kier molecular flexibility index (Phi) is 4.27. The van der Waals surface area contributed by atoms with E-state index in [1.54, 1.807) is 11.3 Å². The quantitative estimate of drug-likeness (QED) is 0.872. The van der Waals surface area contributed by atoms with E-state index in [-0.39, 0.29) is 12.1 Å². The second kappa shape index (κ2) is 5.74. The second-order valence-electron chi connectivity index (χ2n) is 5.29. The molecular weight excluding hydrogens is 244 g/mol. The number of nitrogens with one attached hydrogen (secondary N) is 1. The molecule has 1 atom stereocenters. The summed E-state index contributed by atoms with van der Waals surface area (Å²) < 4.78 is 0. The lowest BCUT2D eigenvalue weighted by Gasteiger charge is -2.31. The molecule has 0 aliphatic carbocycles. The van der Waals surface area contributed by atoms with Gasteiger partial charge in [-0.1, -0.05) is 6.92 Å². The molecule has 0 saturated carbocycles. The molecule has 2 heterocycles. The number of carbonyl (C=O) groups is 1. The summed E-state index contributed by atoms with van der Waals surface area (Å²) in [4.78, 5) is 16.6. The summed E-state index contributed by atoms with van der Waals surface area (Å²) in [5.41, 5.74) is 0. The van der Waals surface area contributed by atoms with E-state index in [9.17, 15) is 4.79 Å². The molecule has 1 fully saturated rings. The Morgan fingerprint density at radius 2 is 2.11 bits per heavy atom. The molecule has 0 aromatic carbocycles. The van der Waals surface area contributed by atoms with Crippen LogP contribution in [0.4, 0.5) is 4.79 Å². The molecule has 1 aliphatic rings. The lowest BCUT2D eigenvalue weighted by Crippen LogP contribution is -2.44. The van der Waals surface area contributed by atoms with Gasteiger partial charge in [0.1, 0.15) is 0 Å². The number of aryl methyl sites for hydroxylation is 1. The van der Waals surface area contributed by atoms with Crippen LogP contribution >= 0.6 is 11.3 Å². The van der Waals surface area contributed by atoms with Crippen LogP contribution in [0, 0.1) is 12.8 Å². The van der Waals surface area contributed by atoms with Crippen molar-refractivity contribution in [3.05, 3.63) is 21.9 Å². The van der Waals surface area contributed by atoms with E-state index in [1.165, 1.54) is 9.75 Å². The third-order valence-electron chi connectivity index (χ3n) is 3.60. The fourth-order valence-corrected chi connectivity index (χ4v) is 3.13. The van der Waals surface area contributed by atoms with Gasteiger partial charge in [-0.05, 0) is 44.7 Å². The fraction of sp³-hybridized carbons (Fsp3) is 0.643. The average molecular weight is 266 g/mol. The van der Waals surface area contributed by atoms with Crippen LogP contribution in [-0.4, -0.2) is 24.0 Å². The minimum Gasteiger partial charge on any atom is -0.331 e. The molecule has 1 aliphatic heterocycles. The number of urea groups is 1. The number of nitrogens with zero attached hydrogens (tertiary/aromatic N) is 1. The molecule has 1 unspecified atom stereocenters. The first-order chi connectivity index (χ1) is 8.56. The van der Waals surface area contributed by atoms with Crippen molar-refractivity contribution in [1.29, 1.82) is 0 Å². The van der Waals surface area contributed by atoms with E-state index in [4.69, 9.17) is 0 Å².